The van der Waals surface area contributed by atoms with Gasteiger partial charge in [0.25, 0.3) is 0 Å². The third-order valence-corrected chi connectivity index (χ3v) is 7.00. The van der Waals surface area contributed by atoms with Crippen molar-refractivity contribution < 1.29 is 4.79 Å². The summed E-state index contributed by atoms with van der Waals surface area (Å²) in [6, 6.07) is 9.46. The summed E-state index contributed by atoms with van der Waals surface area (Å²) in [5.74, 6) is 0.667. The molecule has 130 valence electrons. The number of hydrogen-bond donors (Lipinski definition) is 1. The third-order valence-electron chi connectivity index (χ3n) is 6.16. The summed E-state index contributed by atoms with van der Waals surface area (Å²) in [5.41, 5.74) is 3.19. The van der Waals surface area contributed by atoms with Crippen LogP contribution in [-0.4, -0.2) is 26.8 Å². The van der Waals surface area contributed by atoms with Crippen molar-refractivity contribution in [2.24, 2.45) is 5.41 Å². The van der Waals surface area contributed by atoms with Crippen LogP contribution >= 0.6 is 11.8 Å². The zero-order valence-corrected chi connectivity index (χ0v) is 15.6. The first-order valence-electron chi connectivity index (χ1n) is 8.64. The van der Waals surface area contributed by atoms with E-state index in [4.69, 9.17) is 4.98 Å². The normalized spacial score (nSPS) is 25.6. The van der Waals surface area contributed by atoms with E-state index in [1.54, 1.807) is 0 Å². The average Bonchev–Trinajstić information content (AvgIpc) is 2.93. The summed E-state index contributed by atoms with van der Waals surface area (Å²) in [4.78, 5) is 16.9. The molecular weight excluding hydrogens is 332 g/mol. The zero-order chi connectivity index (χ0) is 17.7. The number of anilines is 1. The van der Waals surface area contributed by atoms with Gasteiger partial charge in [0, 0.05) is 17.0 Å². The molecule has 25 heavy (non-hydrogen) atoms. The van der Waals surface area contributed by atoms with Gasteiger partial charge in [-0.3, -0.25) is 4.79 Å². The lowest BCUT2D eigenvalue weighted by atomic mass is 9.70. The number of carbonyl (C=O) groups is 1. The second-order valence-corrected chi connectivity index (χ2v) is 8.62. The summed E-state index contributed by atoms with van der Waals surface area (Å²) in [6.45, 7) is 6.92. The number of amides is 1. The van der Waals surface area contributed by atoms with Crippen molar-refractivity contribution in [1.29, 1.82) is 0 Å². The third kappa shape index (κ3) is 2.54. The molecule has 4 rings (SSSR count). The highest BCUT2D eigenvalue weighted by Gasteiger charge is 2.61. The molecule has 5 nitrogen and oxygen atoms in total. The predicted molar refractivity (Wildman–Crippen MR) is 98.7 cm³/mol. The highest BCUT2D eigenvalue weighted by molar-refractivity contribution is 7.99. The van der Waals surface area contributed by atoms with Crippen molar-refractivity contribution >= 4 is 23.4 Å². The Bertz CT molecular complexity index is 823. The quantitative estimate of drug-likeness (QED) is 0.847. The van der Waals surface area contributed by atoms with Crippen LogP contribution in [0.5, 0.6) is 0 Å². The van der Waals surface area contributed by atoms with Crippen molar-refractivity contribution in [3.05, 3.63) is 41.7 Å². The molecule has 0 saturated heterocycles. The number of fused-ring (bicyclic) bond motifs is 5. The summed E-state index contributed by atoms with van der Waals surface area (Å²) in [5, 5.41) is 12.2. The van der Waals surface area contributed by atoms with E-state index >= 15 is 0 Å². The number of rotatable bonds is 4. The fraction of sp³-hybridized carbons (Fsp3) is 0.474. The van der Waals surface area contributed by atoms with E-state index in [2.05, 4.69) is 36.3 Å². The van der Waals surface area contributed by atoms with Gasteiger partial charge in [0.2, 0.25) is 11.1 Å². The molecule has 0 radical (unpaired) electrons. The van der Waals surface area contributed by atoms with E-state index < -0.39 is 0 Å². The molecule has 2 aromatic rings. The number of nitrogens with zero attached hydrogens (tertiary/aromatic N) is 3. The zero-order valence-electron chi connectivity index (χ0n) is 14.7. The van der Waals surface area contributed by atoms with Crippen LogP contribution in [0.2, 0.25) is 0 Å². The van der Waals surface area contributed by atoms with E-state index in [9.17, 15) is 4.79 Å². The van der Waals surface area contributed by atoms with Crippen LogP contribution in [-0.2, 0) is 10.2 Å². The number of thioether (sulfide) groups is 1. The van der Waals surface area contributed by atoms with Gasteiger partial charge in [0.15, 0.2) is 0 Å². The van der Waals surface area contributed by atoms with Gasteiger partial charge in [0.05, 0.1) is 17.1 Å². The second-order valence-electron chi connectivity index (χ2n) is 7.68. The van der Waals surface area contributed by atoms with Crippen LogP contribution in [0.1, 0.15) is 50.9 Å². The van der Waals surface area contributed by atoms with Gasteiger partial charge in [-0.05, 0) is 30.4 Å². The minimum absolute atomic E-state index is 0.0601. The molecular formula is C19H22N4OS. The summed E-state index contributed by atoms with van der Waals surface area (Å²) < 4.78 is 0. The van der Waals surface area contributed by atoms with Crippen molar-refractivity contribution in [3.63, 3.8) is 0 Å². The fourth-order valence-corrected chi connectivity index (χ4v) is 4.86. The fourth-order valence-electron chi connectivity index (χ4n) is 4.27. The molecule has 1 aromatic heterocycles. The van der Waals surface area contributed by atoms with Crippen LogP contribution in [0, 0.1) is 5.41 Å². The molecule has 1 amide bonds. The first-order valence-corrected chi connectivity index (χ1v) is 9.63. The van der Waals surface area contributed by atoms with Crippen molar-refractivity contribution in [2.45, 2.75) is 50.1 Å². The topological polar surface area (TPSA) is 67.8 Å². The predicted octanol–water partition coefficient (Wildman–Crippen LogP) is 3.78. The molecule has 2 aliphatic rings. The largest absolute Gasteiger partial charge is 0.325 e. The average molecular weight is 354 g/mol. The van der Waals surface area contributed by atoms with Gasteiger partial charge in [-0.2, -0.15) is 5.10 Å². The van der Waals surface area contributed by atoms with Crippen molar-refractivity contribution in [2.75, 3.05) is 11.1 Å². The lowest BCUT2D eigenvalue weighted by Crippen LogP contribution is -2.32. The Morgan fingerprint density at radius 1 is 1.24 bits per heavy atom. The molecule has 6 heteroatoms. The monoisotopic (exact) mass is 354 g/mol. The Morgan fingerprint density at radius 2 is 2.00 bits per heavy atom. The molecule has 2 bridgehead atoms. The lowest BCUT2D eigenvalue weighted by Gasteiger charge is -2.33. The molecule has 1 aromatic carbocycles. The Hall–Kier alpha value is -1.95. The van der Waals surface area contributed by atoms with Crippen LogP contribution < -0.4 is 5.32 Å². The van der Waals surface area contributed by atoms with Gasteiger partial charge in [-0.1, -0.05) is 50.7 Å². The summed E-state index contributed by atoms with van der Waals surface area (Å²) in [7, 11) is 0. The second kappa shape index (κ2) is 5.80. The van der Waals surface area contributed by atoms with Crippen LogP contribution in [0.4, 0.5) is 5.69 Å². The number of benzene rings is 1. The van der Waals surface area contributed by atoms with E-state index in [0.29, 0.717) is 11.1 Å². The Labute approximate surface area is 152 Å². The molecule has 1 heterocycles. The van der Waals surface area contributed by atoms with E-state index in [-0.39, 0.29) is 22.5 Å². The summed E-state index contributed by atoms with van der Waals surface area (Å²) >= 11 is 1.34. The first kappa shape index (κ1) is 16.5. The Kier molecular flexibility index (Phi) is 3.83. The minimum Gasteiger partial charge on any atom is -0.325 e. The van der Waals surface area contributed by atoms with Crippen LogP contribution in [0.25, 0.3) is 0 Å². The Morgan fingerprint density at radius 3 is 2.76 bits per heavy atom. The van der Waals surface area contributed by atoms with Gasteiger partial charge in [0.1, 0.15) is 0 Å². The summed E-state index contributed by atoms with van der Waals surface area (Å²) in [6.07, 6.45) is 2.31. The van der Waals surface area contributed by atoms with E-state index in [0.717, 1.165) is 23.5 Å². The molecule has 2 aliphatic carbocycles. The van der Waals surface area contributed by atoms with Crippen molar-refractivity contribution in [1.82, 2.24) is 15.2 Å². The maximum atomic E-state index is 12.1. The molecule has 2 atom stereocenters. The first-order chi connectivity index (χ1) is 11.9. The smallest absolute Gasteiger partial charge is 0.234 e. The van der Waals surface area contributed by atoms with Crippen LogP contribution in [0.15, 0.2) is 35.5 Å². The highest BCUT2D eigenvalue weighted by atomic mass is 32.2. The van der Waals surface area contributed by atoms with E-state index in [1.165, 1.54) is 18.2 Å². The maximum absolute atomic E-state index is 12.1. The number of aromatic nitrogens is 3. The maximum Gasteiger partial charge on any atom is 0.234 e. The van der Waals surface area contributed by atoms with E-state index in [1.807, 2.05) is 30.3 Å². The Balaban J connectivity index is 1.47. The molecule has 0 aliphatic heterocycles. The molecule has 0 spiro atoms. The molecule has 2 unspecified atom stereocenters. The van der Waals surface area contributed by atoms with Crippen LogP contribution in [0.3, 0.4) is 0 Å². The number of hydrogen-bond acceptors (Lipinski definition) is 5. The molecule has 1 saturated carbocycles. The number of para-hydroxylation sites is 1. The molecule has 1 fully saturated rings. The van der Waals surface area contributed by atoms with Gasteiger partial charge >= 0.3 is 0 Å². The lowest BCUT2D eigenvalue weighted by molar-refractivity contribution is -0.113. The molecule has 1 N–H and O–H groups in total. The van der Waals surface area contributed by atoms with Gasteiger partial charge in [-0.15, -0.1) is 5.10 Å². The van der Waals surface area contributed by atoms with Gasteiger partial charge < -0.3 is 5.32 Å². The SMILES string of the molecule is CC12CCC(c3nnc(SCC(=O)Nc4ccccc4)nc31)C2(C)C. The number of carbonyl (C=O) groups excluding carboxylic acids is 1. The standard InChI is InChI=1S/C19H22N4OS/c1-18(2)13-9-10-19(18,3)16-15(13)22-23-17(21-16)25-11-14(24)20-12-7-5-4-6-8-12/h4-8,13H,9-11H2,1-3H3,(H,20,24). The van der Waals surface area contributed by atoms with Crippen molar-refractivity contribution in [3.8, 4) is 0 Å². The van der Waals surface area contributed by atoms with Gasteiger partial charge in [-0.25, -0.2) is 4.98 Å². The highest BCUT2D eigenvalue weighted by Crippen LogP contribution is 2.66. The minimum atomic E-state index is -0.0617. The number of nitrogens with one attached hydrogen (secondary N) is 1.